The number of hydrogen-bond acceptors (Lipinski definition) is 3. The van der Waals surface area contributed by atoms with Gasteiger partial charge in [0.2, 0.25) is 0 Å². The van der Waals surface area contributed by atoms with Crippen LogP contribution < -0.4 is 0 Å². The zero-order chi connectivity index (χ0) is 14.2. The number of likely N-dealkylation sites (tertiary alicyclic amines) is 1. The Balaban J connectivity index is 1.58. The maximum absolute atomic E-state index is 12.0. The topological polar surface area (TPSA) is 66.8 Å². The lowest BCUT2D eigenvalue weighted by atomic mass is 9.62. The molecule has 0 unspecified atom stereocenters. The molecule has 1 saturated carbocycles. The van der Waals surface area contributed by atoms with Gasteiger partial charge in [-0.2, -0.15) is 0 Å². The Kier molecular flexibility index (Phi) is 3.12. The zero-order valence-electron chi connectivity index (χ0n) is 11.1. The van der Waals surface area contributed by atoms with Crippen LogP contribution in [0.2, 0.25) is 0 Å². The highest BCUT2D eigenvalue weighted by molar-refractivity contribution is 5.79. The first-order valence-corrected chi connectivity index (χ1v) is 6.81. The van der Waals surface area contributed by atoms with Gasteiger partial charge in [0.05, 0.1) is 5.41 Å². The number of nitrogens with zero attached hydrogens (tertiary/aromatic N) is 1. The van der Waals surface area contributed by atoms with Gasteiger partial charge < -0.3 is 14.7 Å². The molecule has 5 heteroatoms. The number of rotatable bonds is 3. The van der Waals surface area contributed by atoms with E-state index in [0.717, 1.165) is 12.0 Å². The van der Waals surface area contributed by atoms with Crippen LogP contribution >= 0.6 is 0 Å². The predicted octanol–water partition coefficient (Wildman–Crippen LogP) is 2.12. The highest BCUT2D eigenvalue weighted by Gasteiger charge is 2.59. The molecule has 3 rings (SSSR count). The molecule has 0 radical (unpaired) electrons. The molecule has 1 aromatic carbocycles. The minimum absolute atomic E-state index is 0.0873. The van der Waals surface area contributed by atoms with Crippen LogP contribution in [0.5, 0.6) is 0 Å². The molecule has 1 heterocycles. The van der Waals surface area contributed by atoms with E-state index in [0.29, 0.717) is 13.0 Å². The van der Waals surface area contributed by atoms with Crippen molar-refractivity contribution in [1.82, 2.24) is 4.90 Å². The van der Waals surface area contributed by atoms with Gasteiger partial charge in [-0.25, -0.2) is 4.79 Å². The van der Waals surface area contributed by atoms with Crippen LogP contribution in [-0.2, 0) is 16.1 Å². The first-order chi connectivity index (χ1) is 9.62. The fourth-order valence-electron chi connectivity index (χ4n) is 3.14. The van der Waals surface area contributed by atoms with Gasteiger partial charge in [0, 0.05) is 13.1 Å². The first kappa shape index (κ1) is 13.0. The SMILES string of the molecule is O=C(OCc1ccccc1)N1C[C@@H]2CC[C@]2(C(=O)O)C1. The molecule has 0 spiro atoms. The molecule has 1 amide bonds. The molecule has 1 saturated heterocycles. The summed E-state index contributed by atoms with van der Waals surface area (Å²) in [6.07, 6.45) is 1.13. The smallest absolute Gasteiger partial charge is 0.410 e. The van der Waals surface area contributed by atoms with Crippen molar-refractivity contribution in [3.63, 3.8) is 0 Å². The number of amides is 1. The Morgan fingerprint density at radius 1 is 1.35 bits per heavy atom. The second-order valence-corrected chi connectivity index (χ2v) is 5.62. The number of ether oxygens (including phenoxy) is 1. The molecule has 0 bridgehead atoms. The molecule has 1 aliphatic carbocycles. The minimum atomic E-state index is -0.785. The highest BCUT2D eigenvalue weighted by atomic mass is 16.6. The maximum Gasteiger partial charge on any atom is 0.410 e. The van der Waals surface area contributed by atoms with Crippen LogP contribution in [-0.4, -0.2) is 35.2 Å². The van der Waals surface area contributed by atoms with Crippen LogP contribution in [0.3, 0.4) is 0 Å². The van der Waals surface area contributed by atoms with Crippen molar-refractivity contribution in [3.8, 4) is 0 Å². The molecular formula is C15H17NO4. The average molecular weight is 275 g/mol. The molecular weight excluding hydrogens is 258 g/mol. The molecule has 2 atom stereocenters. The third-order valence-corrected chi connectivity index (χ3v) is 4.52. The normalized spacial score (nSPS) is 27.6. The van der Waals surface area contributed by atoms with Crippen molar-refractivity contribution < 1.29 is 19.4 Å². The van der Waals surface area contributed by atoms with E-state index in [-0.39, 0.29) is 19.1 Å². The van der Waals surface area contributed by atoms with Crippen LogP contribution in [0.1, 0.15) is 18.4 Å². The van der Waals surface area contributed by atoms with E-state index in [4.69, 9.17) is 4.74 Å². The monoisotopic (exact) mass is 275 g/mol. The minimum Gasteiger partial charge on any atom is -0.481 e. The highest BCUT2D eigenvalue weighted by Crippen LogP contribution is 2.52. The number of aliphatic carboxylic acids is 1. The van der Waals surface area contributed by atoms with E-state index >= 15 is 0 Å². The van der Waals surface area contributed by atoms with Crippen molar-refractivity contribution in [1.29, 1.82) is 0 Å². The van der Waals surface area contributed by atoms with Gasteiger partial charge in [-0.15, -0.1) is 0 Å². The average Bonchev–Trinajstić information content (AvgIpc) is 2.70. The summed E-state index contributed by atoms with van der Waals surface area (Å²) in [5.41, 5.74) is 0.210. The predicted molar refractivity (Wildman–Crippen MR) is 71.0 cm³/mol. The Labute approximate surface area is 117 Å². The van der Waals surface area contributed by atoms with Crippen molar-refractivity contribution >= 4 is 12.1 Å². The zero-order valence-corrected chi connectivity index (χ0v) is 11.1. The molecule has 1 N–H and O–H groups in total. The summed E-state index contributed by atoms with van der Waals surface area (Å²) >= 11 is 0. The molecule has 2 fully saturated rings. The Morgan fingerprint density at radius 2 is 2.10 bits per heavy atom. The number of fused-ring (bicyclic) bond motifs is 1. The largest absolute Gasteiger partial charge is 0.481 e. The van der Waals surface area contributed by atoms with Crippen LogP contribution in [0.25, 0.3) is 0 Å². The third-order valence-electron chi connectivity index (χ3n) is 4.52. The summed E-state index contributed by atoms with van der Waals surface area (Å²) < 4.78 is 5.26. The Morgan fingerprint density at radius 3 is 2.65 bits per heavy atom. The van der Waals surface area contributed by atoms with Crippen molar-refractivity contribution in [2.75, 3.05) is 13.1 Å². The van der Waals surface area contributed by atoms with Gasteiger partial charge in [0.25, 0.3) is 0 Å². The molecule has 5 nitrogen and oxygen atoms in total. The van der Waals surface area contributed by atoms with Gasteiger partial charge in [0.15, 0.2) is 0 Å². The third kappa shape index (κ3) is 2.03. The first-order valence-electron chi connectivity index (χ1n) is 6.81. The van der Waals surface area contributed by atoms with Gasteiger partial charge in [-0.05, 0) is 24.3 Å². The van der Waals surface area contributed by atoms with E-state index in [1.807, 2.05) is 30.3 Å². The number of carbonyl (C=O) groups is 2. The summed E-state index contributed by atoms with van der Waals surface area (Å²) in [6.45, 7) is 1.00. The summed E-state index contributed by atoms with van der Waals surface area (Å²) in [7, 11) is 0. The molecule has 0 aromatic heterocycles. The van der Waals surface area contributed by atoms with Crippen molar-refractivity contribution in [2.24, 2.45) is 11.3 Å². The standard InChI is InChI=1S/C15H17NO4/c17-13(18)15-7-6-12(15)8-16(10-15)14(19)20-9-11-4-2-1-3-5-11/h1-5,12H,6-10H2,(H,17,18)/t12-,15-/m0/s1. The van der Waals surface area contributed by atoms with E-state index in [1.165, 1.54) is 4.90 Å². The van der Waals surface area contributed by atoms with Crippen LogP contribution in [0.4, 0.5) is 4.79 Å². The fourth-order valence-corrected chi connectivity index (χ4v) is 3.14. The van der Waals surface area contributed by atoms with Gasteiger partial charge >= 0.3 is 12.1 Å². The van der Waals surface area contributed by atoms with Crippen LogP contribution in [0, 0.1) is 11.3 Å². The molecule has 106 valence electrons. The Hall–Kier alpha value is -2.04. The number of carbonyl (C=O) groups excluding carboxylic acids is 1. The summed E-state index contributed by atoms with van der Waals surface area (Å²) in [4.78, 5) is 24.9. The van der Waals surface area contributed by atoms with Crippen molar-refractivity contribution in [2.45, 2.75) is 19.4 Å². The fraction of sp³-hybridized carbons (Fsp3) is 0.467. The second-order valence-electron chi connectivity index (χ2n) is 5.62. The van der Waals surface area contributed by atoms with E-state index in [2.05, 4.69) is 0 Å². The lowest BCUT2D eigenvalue weighted by Gasteiger charge is -2.39. The van der Waals surface area contributed by atoms with Crippen molar-refractivity contribution in [3.05, 3.63) is 35.9 Å². The maximum atomic E-state index is 12.0. The quantitative estimate of drug-likeness (QED) is 0.917. The van der Waals surface area contributed by atoms with E-state index in [9.17, 15) is 14.7 Å². The molecule has 20 heavy (non-hydrogen) atoms. The second kappa shape index (κ2) is 4.81. The summed E-state index contributed by atoms with van der Waals surface area (Å²) in [5, 5.41) is 9.32. The van der Waals surface area contributed by atoms with E-state index in [1.54, 1.807) is 0 Å². The lowest BCUT2D eigenvalue weighted by Crippen LogP contribution is -2.46. The number of hydrogen-bond donors (Lipinski definition) is 1. The molecule has 1 aromatic rings. The number of carboxylic acids is 1. The summed E-state index contributed by atoms with van der Waals surface area (Å²) in [6, 6.07) is 9.46. The van der Waals surface area contributed by atoms with E-state index < -0.39 is 17.5 Å². The molecule has 2 aliphatic rings. The van der Waals surface area contributed by atoms with Gasteiger partial charge in [-0.3, -0.25) is 4.79 Å². The number of benzene rings is 1. The van der Waals surface area contributed by atoms with Gasteiger partial charge in [0.1, 0.15) is 6.61 Å². The Bertz CT molecular complexity index is 530. The van der Waals surface area contributed by atoms with Crippen LogP contribution in [0.15, 0.2) is 30.3 Å². The van der Waals surface area contributed by atoms with Gasteiger partial charge in [-0.1, -0.05) is 30.3 Å². The lowest BCUT2D eigenvalue weighted by molar-refractivity contribution is -0.156. The molecule has 1 aliphatic heterocycles. The summed E-state index contributed by atoms with van der Waals surface area (Å²) in [5.74, 6) is -0.698. The number of carboxylic acid groups (broad SMARTS) is 1.